The molecule has 1 aromatic heterocycles. The van der Waals surface area contributed by atoms with E-state index in [2.05, 4.69) is 10.3 Å². The van der Waals surface area contributed by atoms with Crippen molar-refractivity contribution in [2.75, 3.05) is 5.32 Å². The number of hydrogen-bond acceptors (Lipinski definition) is 6. The predicted molar refractivity (Wildman–Crippen MR) is 68.9 cm³/mol. The number of benzene rings is 1. The zero-order chi connectivity index (χ0) is 13.1. The molecule has 0 amide bonds. The molecule has 7 heteroatoms. The van der Waals surface area contributed by atoms with Gasteiger partial charge in [-0.15, -0.1) is 11.3 Å². The van der Waals surface area contributed by atoms with Gasteiger partial charge in [-0.25, -0.2) is 4.98 Å². The number of nitro groups is 1. The number of aryl methyl sites for hydroxylation is 1. The highest BCUT2D eigenvalue weighted by Gasteiger charge is 2.14. The van der Waals surface area contributed by atoms with Gasteiger partial charge >= 0.3 is 0 Å². The van der Waals surface area contributed by atoms with Gasteiger partial charge in [-0.2, -0.15) is 0 Å². The van der Waals surface area contributed by atoms with E-state index < -0.39 is 4.92 Å². The van der Waals surface area contributed by atoms with E-state index >= 15 is 0 Å². The van der Waals surface area contributed by atoms with E-state index in [1.54, 1.807) is 0 Å². The molecule has 2 N–H and O–H groups in total. The first-order valence-electron chi connectivity index (χ1n) is 5.18. The van der Waals surface area contributed by atoms with Gasteiger partial charge in [0.05, 0.1) is 28.2 Å². The molecule has 0 aliphatic rings. The van der Waals surface area contributed by atoms with Gasteiger partial charge in [0.2, 0.25) is 0 Å². The minimum Gasteiger partial charge on any atom is -0.508 e. The first-order chi connectivity index (χ1) is 8.56. The molecule has 0 atom stereocenters. The number of aromatic hydroxyl groups is 1. The minimum atomic E-state index is -0.533. The van der Waals surface area contributed by atoms with Crippen LogP contribution in [0.15, 0.2) is 23.6 Å². The SMILES string of the molecule is Cc1nc(CNc2ccc(O)cc2[N+](=O)[O-])cs1. The summed E-state index contributed by atoms with van der Waals surface area (Å²) in [5, 5.41) is 25.9. The Bertz CT molecular complexity index is 583. The second-order valence-corrected chi connectivity index (χ2v) is 4.73. The van der Waals surface area contributed by atoms with Crippen LogP contribution in [-0.2, 0) is 6.54 Å². The Morgan fingerprint density at radius 1 is 1.56 bits per heavy atom. The highest BCUT2D eigenvalue weighted by Crippen LogP contribution is 2.28. The van der Waals surface area contributed by atoms with E-state index in [4.69, 9.17) is 0 Å². The standard InChI is InChI=1S/C11H11N3O3S/c1-7-13-8(6-18-7)5-12-10-3-2-9(15)4-11(10)14(16)17/h2-4,6,12,15H,5H2,1H3. The summed E-state index contributed by atoms with van der Waals surface area (Å²) in [5.74, 6) is -0.128. The molecule has 0 spiro atoms. The van der Waals surface area contributed by atoms with E-state index in [9.17, 15) is 15.2 Å². The third-order valence-corrected chi connectivity index (χ3v) is 3.13. The van der Waals surface area contributed by atoms with Crippen molar-refractivity contribution in [3.8, 4) is 5.75 Å². The number of nitrogens with zero attached hydrogens (tertiary/aromatic N) is 2. The zero-order valence-corrected chi connectivity index (χ0v) is 10.4. The molecule has 1 heterocycles. The summed E-state index contributed by atoms with van der Waals surface area (Å²) in [7, 11) is 0. The Morgan fingerprint density at radius 3 is 2.94 bits per heavy atom. The lowest BCUT2D eigenvalue weighted by atomic mass is 10.2. The molecule has 0 bridgehead atoms. The molecule has 0 aliphatic heterocycles. The number of thiazole rings is 1. The second-order valence-electron chi connectivity index (χ2n) is 3.67. The van der Waals surface area contributed by atoms with E-state index in [1.165, 1.54) is 23.5 Å². The molecule has 1 aromatic carbocycles. The fourth-order valence-corrected chi connectivity index (χ4v) is 2.11. The third-order valence-electron chi connectivity index (χ3n) is 2.30. The van der Waals surface area contributed by atoms with Gasteiger partial charge in [0.25, 0.3) is 5.69 Å². The number of nitrogens with one attached hydrogen (secondary N) is 1. The van der Waals surface area contributed by atoms with Crippen LogP contribution in [0.1, 0.15) is 10.7 Å². The van der Waals surface area contributed by atoms with Crippen molar-refractivity contribution >= 4 is 22.7 Å². The summed E-state index contributed by atoms with van der Waals surface area (Å²) in [6.45, 7) is 2.31. The summed E-state index contributed by atoms with van der Waals surface area (Å²) < 4.78 is 0. The van der Waals surface area contributed by atoms with Crippen molar-refractivity contribution in [3.63, 3.8) is 0 Å². The lowest BCUT2D eigenvalue weighted by Crippen LogP contribution is -2.02. The predicted octanol–water partition coefficient (Wildman–Crippen LogP) is 2.68. The number of phenols is 1. The van der Waals surface area contributed by atoms with Crippen LogP contribution in [0.4, 0.5) is 11.4 Å². The molecule has 2 aromatic rings. The maximum Gasteiger partial charge on any atom is 0.296 e. The molecule has 18 heavy (non-hydrogen) atoms. The molecule has 0 saturated heterocycles. The molecule has 94 valence electrons. The van der Waals surface area contributed by atoms with Gasteiger partial charge in [-0.05, 0) is 19.1 Å². The van der Waals surface area contributed by atoms with E-state index in [0.717, 1.165) is 16.8 Å². The fourth-order valence-electron chi connectivity index (χ4n) is 1.50. The number of aromatic nitrogens is 1. The number of phenolic OH excluding ortho intramolecular Hbond substituents is 1. The van der Waals surface area contributed by atoms with Gasteiger partial charge in [0, 0.05) is 5.38 Å². The summed E-state index contributed by atoms with van der Waals surface area (Å²) in [6, 6.07) is 4.00. The van der Waals surface area contributed by atoms with Crippen LogP contribution in [0.2, 0.25) is 0 Å². The van der Waals surface area contributed by atoms with Gasteiger partial charge in [-0.3, -0.25) is 10.1 Å². The fraction of sp³-hybridized carbons (Fsp3) is 0.182. The van der Waals surface area contributed by atoms with Crippen molar-refractivity contribution < 1.29 is 10.0 Å². The van der Waals surface area contributed by atoms with Crippen molar-refractivity contribution in [3.05, 3.63) is 44.4 Å². The van der Waals surface area contributed by atoms with Gasteiger partial charge in [0.15, 0.2) is 0 Å². The van der Waals surface area contributed by atoms with Crippen molar-refractivity contribution in [2.45, 2.75) is 13.5 Å². The average Bonchev–Trinajstić information content (AvgIpc) is 2.73. The van der Waals surface area contributed by atoms with E-state index in [1.807, 2.05) is 12.3 Å². The molecule has 0 aliphatic carbocycles. The Balaban J connectivity index is 2.16. The van der Waals surface area contributed by atoms with Gasteiger partial charge in [-0.1, -0.05) is 0 Å². The molecule has 0 saturated carbocycles. The van der Waals surface area contributed by atoms with Crippen LogP contribution in [0.25, 0.3) is 0 Å². The molecule has 0 radical (unpaired) electrons. The smallest absolute Gasteiger partial charge is 0.296 e. The Kier molecular flexibility index (Phi) is 3.42. The number of nitro benzene ring substituents is 1. The summed E-state index contributed by atoms with van der Waals surface area (Å²) in [6.07, 6.45) is 0. The third kappa shape index (κ3) is 2.75. The monoisotopic (exact) mass is 265 g/mol. The number of anilines is 1. The quantitative estimate of drug-likeness (QED) is 0.504. The van der Waals surface area contributed by atoms with Gasteiger partial charge in [0.1, 0.15) is 11.4 Å². The largest absolute Gasteiger partial charge is 0.508 e. The number of rotatable bonds is 4. The van der Waals surface area contributed by atoms with Crippen molar-refractivity contribution in [1.82, 2.24) is 4.98 Å². The average molecular weight is 265 g/mol. The van der Waals surface area contributed by atoms with Crippen LogP contribution in [0, 0.1) is 17.0 Å². The van der Waals surface area contributed by atoms with Crippen molar-refractivity contribution in [2.24, 2.45) is 0 Å². The van der Waals surface area contributed by atoms with Crippen LogP contribution < -0.4 is 5.32 Å². The maximum atomic E-state index is 10.8. The number of hydrogen-bond donors (Lipinski definition) is 2. The Labute approximate surface area is 107 Å². The molecular weight excluding hydrogens is 254 g/mol. The maximum absolute atomic E-state index is 10.8. The van der Waals surface area contributed by atoms with Crippen LogP contribution in [0.3, 0.4) is 0 Å². The van der Waals surface area contributed by atoms with Crippen molar-refractivity contribution in [1.29, 1.82) is 0 Å². The molecule has 0 fully saturated rings. The van der Waals surface area contributed by atoms with Crippen LogP contribution in [-0.4, -0.2) is 15.0 Å². The first-order valence-corrected chi connectivity index (χ1v) is 6.06. The molecule has 2 rings (SSSR count). The lowest BCUT2D eigenvalue weighted by molar-refractivity contribution is -0.384. The highest BCUT2D eigenvalue weighted by atomic mass is 32.1. The Hall–Kier alpha value is -2.15. The minimum absolute atomic E-state index is 0.128. The zero-order valence-electron chi connectivity index (χ0n) is 9.58. The van der Waals surface area contributed by atoms with Crippen LogP contribution >= 0.6 is 11.3 Å². The normalized spacial score (nSPS) is 10.3. The van der Waals surface area contributed by atoms with Crippen LogP contribution in [0.5, 0.6) is 5.75 Å². The Morgan fingerprint density at radius 2 is 2.33 bits per heavy atom. The highest BCUT2D eigenvalue weighted by molar-refractivity contribution is 7.09. The summed E-state index contributed by atoms with van der Waals surface area (Å²) in [5.41, 5.74) is 1.05. The molecular formula is C11H11N3O3S. The summed E-state index contributed by atoms with van der Waals surface area (Å²) in [4.78, 5) is 14.6. The topological polar surface area (TPSA) is 88.3 Å². The lowest BCUT2D eigenvalue weighted by Gasteiger charge is -2.05. The van der Waals surface area contributed by atoms with Gasteiger partial charge < -0.3 is 10.4 Å². The van der Waals surface area contributed by atoms with E-state index in [0.29, 0.717) is 12.2 Å². The first kappa shape index (κ1) is 12.3. The molecule has 6 nitrogen and oxygen atoms in total. The molecule has 0 unspecified atom stereocenters. The second kappa shape index (κ2) is 5.01. The van der Waals surface area contributed by atoms with E-state index in [-0.39, 0.29) is 11.4 Å². The summed E-state index contributed by atoms with van der Waals surface area (Å²) >= 11 is 1.53.